The van der Waals surface area contributed by atoms with Crippen LogP contribution in [0.15, 0.2) is 17.1 Å². The zero-order valence-corrected chi connectivity index (χ0v) is 14.4. The molecule has 9 heteroatoms. The molecule has 1 amide bonds. The minimum atomic E-state index is -0.899. The maximum absolute atomic E-state index is 12.4. The van der Waals surface area contributed by atoms with E-state index in [-0.39, 0.29) is 11.0 Å². The van der Waals surface area contributed by atoms with Crippen molar-refractivity contribution in [1.29, 1.82) is 0 Å². The number of hydrogen-bond donors (Lipinski definition) is 3. The molecule has 0 unspecified atom stereocenters. The number of aromatic hydroxyl groups is 1. The summed E-state index contributed by atoms with van der Waals surface area (Å²) in [6.45, 7) is 4.63. The second kappa shape index (κ2) is 6.42. The summed E-state index contributed by atoms with van der Waals surface area (Å²) in [7, 11) is 1.43. The first-order valence-electron chi connectivity index (χ1n) is 7.48. The topological polar surface area (TPSA) is 137 Å². The van der Waals surface area contributed by atoms with Crippen LogP contribution in [-0.2, 0) is 16.6 Å². The first kappa shape index (κ1) is 18.2. The van der Waals surface area contributed by atoms with Gasteiger partial charge in [0.15, 0.2) is 5.75 Å². The summed E-state index contributed by atoms with van der Waals surface area (Å²) in [4.78, 5) is 40.3. The lowest BCUT2D eigenvalue weighted by molar-refractivity contribution is -0.153. The number of rotatable bonds is 3. The van der Waals surface area contributed by atoms with E-state index in [1.54, 1.807) is 20.8 Å². The SMILES string of the molecule is Cn1c(=O)c(C(=O)NCC(=O)OC(C)(C)C)c(O)c2ncc(N)cc21. The van der Waals surface area contributed by atoms with E-state index >= 15 is 0 Å². The number of esters is 1. The number of nitrogens with zero attached hydrogens (tertiary/aromatic N) is 2. The maximum atomic E-state index is 12.4. The Kier molecular flexibility index (Phi) is 4.69. The van der Waals surface area contributed by atoms with Crippen LogP contribution in [0.2, 0.25) is 0 Å². The van der Waals surface area contributed by atoms with Crippen molar-refractivity contribution in [2.24, 2.45) is 7.05 Å². The van der Waals surface area contributed by atoms with Gasteiger partial charge in [-0.25, -0.2) is 4.98 Å². The molecule has 0 fully saturated rings. The second-order valence-electron chi connectivity index (χ2n) is 6.49. The van der Waals surface area contributed by atoms with Crippen LogP contribution in [0, 0.1) is 0 Å². The number of carbonyl (C=O) groups is 2. The lowest BCUT2D eigenvalue weighted by Crippen LogP contribution is -2.37. The van der Waals surface area contributed by atoms with E-state index in [1.165, 1.54) is 19.3 Å². The van der Waals surface area contributed by atoms with Gasteiger partial charge in [0.25, 0.3) is 11.5 Å². The Morgan fingerprint density at radius 1 is 1.40 bits per heavy atom. The van der Waals surface area contributed by atoms with Gasteiger partial charge < -0.3 is 25.5 Å². The standard InChI is InChI=1S/C16H20N4O5/c1-16(2,3)25-10(21)7-19-14(23)11-13(22)12-9(20(4)15(11)24)5-8(17)6-18-12/h5-6,22H,7,17H2,1-4H3,(H,19,23). The minimum absolute atomic E-state index is 0.0544. The second-order valence-corrected chi connectivity index (χ2v) is 6.49. The van der Waals surface area contributed by atoms with E-state index in [2.05, 4.69) is 10.3 Å². The largest absolute Gasteiger partial charge is 0.505 e. The number of nitrogen functional groups attached to an aromatic ring is 1. The van der Waals surface area contributed by atoms with Crippen molar-refractivity contribution in [3.63, 3.8) is 0 Å². The van der Waals surface area contributed by atoms with Crippen molar-refractivity contribution in [1.82, 2.24) is 14.9 Å². The van der Waals surface area contributed by atoms with E-state index in [9.17, 15) is 19.5 Å². The fourth-order valence-corrected chi connectivity index (χ4v) is 2.23. The summed E-state index contributed by atoms with van der Waals surface area (Å²) in [5, 5.41) is 12.5. The fraction of sp³-hybridized carbons (Fsp3) is 0.375. The Morgan fingerprint density at radius 3 is 2.64 bits per heavy atom. The van der Waals surface area contributed by atoms with Crippen molar-refractivity contribution in [3.8, 4) is 5.75 Å². The highest BCUT2D eigenvalue weighted by atomic mass is 16.6. The van der Waals surface area contributed by atoms with Gasteiger partial charge in [-0.2, -0.15) is 0 Å². The molecular weight excluding hydrogens is 328 g/mol. The van der Waals surface area contributed by atoms with Crippen LogP contribution in [0.1, 0.15) is 31.1 Å². The Labute approximate surface area is 143 Å². The Hall–Kier alpha value is -3.10. The number of anilines is 1. The number of amides is 1. The highest BCUT2D eigenvalue weighted by Gasteiger charge is 2.23. The van der Waals surface area contributed by atoms with E-state index < -0.39 is 40.9 Å². The molecule has 4 N–H and O–H groups in total. The molecule has 0 aliphatic heterocycles. The zero-order valence-electron chi connectivity index (χ0n) is 14.4. The zero-order chi connectivity index (χ0) is 18.9. The minimum Gasteiger partial charge on any atom is -0.505 e. The number of carbonyl (C=O) groups excluding carboxylic acids is 2. The highest BCUT2D eigenvalue weighted by molar-refractivity contribution is 6.02. The van der Waals surface area contributed by atoms with Gasteiger partial charge in [0, 0.05) is 7.05 Å². The monoisotopic (exact) mass is 348 g/mol. The molecule has 0 saturated heterocycles. The quantitative estimate of drug-likeness (QED) is 0.678. The molecule has 0 aromatic carbocycles. The van der Waals surface area contributed by atoms with Gasteiger partial charge in [0.1, 0.15) is 23.2 Å². The van der Waals surface area contributed by atoms with E-state index in [0.717, 1.165) is 4.57 Å². The van der Waals surface area contributed by atoms with Gasteiger partial charge in [-0.15, -0.1) is 0 Å². The molecule has 0 radical (unpaired) electrons. The molecule has 0 aliphatic carbocycles. The molecule has 25 heavy (non-hydrogen) atoms. The Balaban J connectivity index is 2.35. The smallest absolute Gasteiger partial charge is 0.325 e. The molecule has 2 aromatic heterocycles. The van der Waals surface area contributed by atoms with Crippen molar-refractivity contribution in [2.75, 3.05) is 12.3 Å². The van der Waals surface area contributed by atoms with E-state index in [0.29, 0.717) is 5.69 Å². The van der Waals surface area contributed by atoms with Gasteiger partial charge in [0.2, 0.25) is 0 Å². The molecule has 0 bridgehead atoms. The normalized spacial score (nSPS) is 11.4. The third kappa shape index (κ3) is 3.87. The summed E-state index contributed by atoms with van der Waals surface area (Å²) >= 11 is 0. The number of pyridine rings is 2. The van der Waals surface area contributed by atoms with Gasteiger partial charge in [0.05, 0.1) is 17.4 Å². The predicted molar refractivity (Wildman–Crippen MR) is 91.2 cm³/mol. The van der Waals surface area contributed by atoms with E-state index in [4.69, 9.17) is 10.5 Å². The van der Waals surface area contributed by atoms with Crippen LogP contribution in [-0.4, -0.2) is 38.7 Å². The van der Waals surface area contributed by atoms with Gasteiger partial charge in [-0.05, 0) is 26.8 Å². The van der Waals surface area contributed by atoms with Crippen molar-refractivity contribution >= 4 is 28.6 Å². The third-order valence-electron chi connectivity index (χ3n) is 3.27. The number of aromatic nitrogens is 2. The van der Waals surface area contributed by atoms with E-state index in [1.807, 2.05) is 0 Å². The van der Waals surface area contributed by atoms with Crippen LogP contribution < -0.4 is 16.6 Å². The maximum Gasteiger partial charge on any atom is 0.325 e. The third-order valence-corrected chi connectivity index (χ3v) is 3.27. The van der Waals surface area contributed by atoms with Crippen LogP contribution in [0.5, 0.6) is 5.75 Å². The Morgan fingerprint density at radius 2 is 2.04 bits per heavy atom. The molecule has 0 saturated carbocycles. The predicted octanol–water partition coefficient (Wildman–Crippen LogP) is 0.293. The van der Waals surface area contributed by atoms with Crippen LogP contribution in [0.3, 0.4) is 0 Å². The number of aryl methyl sites for hydroxylation is 1. The summed E-state index contributed by atoms with van der Waals surface area (Å²) in [6.07, 6.45) is 1.30. The summed E-state index contributed by atoms with van der Waals surface area (Å²) < 4.78 is 6.22. The fourth-order valence-electron chi connectivity index (χ4n) is 2.23. The Bertz CT molecular complexity index is 911. The van der Waals surface area contributed by atoms with Crippen molar-refractivity contribution in [2.45, 2.75) is 26.4 Å². The summed E-state index contributed by atoms with van der Waals surface area (Å²) in [5.41, 5.74) is 4.34. The molecule has 0 spiro atoms. The molecule has 2 heterocycles. The number of fused-ring (bicyclic) bond motifs is 1. The molecule has 134 valence electrons. The molecule has 2 rings (SSSR count). The van der Waals surface area contributed by atoms with Gasteiger partial charge in [-0.1, -0.05) is 0 Å². The first-order chi connectivity index (χ1) is 11.5. The van der Waals surface area contributed by atoms with Gasteiger partial charge in [-0.3, -0.25) is 14.4 Å². The molecule has 0 aliphatic rings. The number of hydrogen-bond acceptors (Lipinski definition) is 7. The van der Waals surface area contributed by atoms with Crippen LogP contribution >= 0.6 is 0 Å². The molecule has 0 atom stereocenters. The van der Waals surface area contributed by atoms with Crippen molar-refractivity contribution in [3.05, 3.63) is 28.2 Å². The first-order valence-corrected chi connectivity index (χ1v) is 7.48. The number of nitrogens with one attached hydrogen (secondary N) is 1. The summed E-state index contributed by atoms with van der Waals surface area (Å²) in [5.74, 6) is -2.13. The summed E-state index contributed by atoms with van der Waals surface area (Å²) in [6, 6.07) is 1.46. The average Bonchev–Trinajstić information content (AvgIpc) is 2.49. The molecule has 9 nitrogen and oxygen atoms in total. The lowest BCUT2D eigenvalue weighted by Gasteiger charge is -2.19. The molecular formula is C16H20N4O5. The van der Waals surface area contributed by atoms with Crippen LogP contribution in [0.4, 0.5) is 5.69 Å². The molecule has 2 aromatic rings. The van der Waals surface area contributed by atoms with Crippen LogP contribution in [0.25, 0.3) is 11.0 Å². The average molecular weight is 348 g/mol. The number of nitrogens with two attached hydrogens (primary N) is 1. The lowest BCUT2D eigenvalue weighted by atomic mass is 10.1. The van der Waals surface area contributed by atoms with Crippen molar-refractivity contribution < 1.29 is 19.4 Å². The van der Waals surface area contributed by atoms with Gasteiger partial charge >= 0.3 is 5.97 Å². The highest BCUT2D eigenvalue weighted by Crippen LogP contribution is 2.25. The number of ether oxygens (including phenoxy) is 1.